The zero-order valence-electron chi connectivity index (χ0n) is 11.7. The van der Waals surface area contributed by atoms with Crippen molar-refractivity contribution >= 4 is 21.8 Å². The van der Waals surface area contributed by atoms with Crippen molar-refractivity contribution in [3.05, 3.63) is 66.5 Å². The van der Waals surface area contributed by atoms with Crippen molar-refractivity contribution in [3.8, 4) is 23.7 Å². The first-order valence-electron chi connectivity index (χ1n) is 6.94. The lowest BCUT2D eigenvalue weighted by atomic mass is 10.1. The summed E-state index contributed by atoms with van der Waals surface area (Å²) in [7, 11) is 0. The van der Waals surface area contributed by atoms with Crippen LogP contribution < -0.4 is 0 Å². The minimum absolute atomic E-state index is 0.607. The molecule has 0 saturated carbocycles. The van der Waals surface area contributed by atoms with Gasteiger partial charge in [-0.1, -0.05) is 36.3 Å². The van der Waals surface area contributed by atoms with Crippen molar-refractivity contribution in [1.29, 1.82) is 0 Å². The number of aromatic nitrogens is 3. The molecule has 1 aromatic carbocycles. The van der Waals surface area contributed by atoms with Crippen molar-refractivity contribution in [2.45, 2.75) is 0 Å². The van der Waals surface area contributed by atoms with E-state index in [0.29, 0.717) is 5.69 Å². The topological polar surface area (TPSA) is 38.7 Å². The maximum atomic E-state index is 5.42. The molecule has 4 aromatic rings. The van der Waals surface area contributed by atoms with E-state index in [1.54, 1.807) is 6.20 Å². The van der Waals surface area contributed by atoms with Gasteiger partial charge in [-0.3, -0.25) is 4.98 Å². The van der Waals surface area contributed by atoms with Crippen LogP contribution in [0.5, 0.6) is 0 Å². The molecule has 22 heavy (non-hydrogen) atoms. The van der Waals surface area contributed by atoms with Crippen molar-refractivity contribution in [1.82, 2.24) is 15.0 Å². The van der Waals surface area contributed by atoms with Gasteiger partial charge in [-0.25, -0.2) is 9.97 Å². The van der Waals surface area contributed by atoms with Crippen molar-refractivity contribution in [2.24, 2.45) is 0 Å². The van der Waals surface area contributed by atoms with Gasteiger partial charge in [0.1, 0.15) is 5.69 Å². The van der Waals surface area contributed by atoms with E-state index in [1.165, 1.54) is 0 Å². The Balaban J connectivity index is 2.00. The Morgan fingerprint density at radius 3 is 2.36 bits per heavy atom. The highest BCUT2D eigenvalue weighted by atomic mass is 14.8. The minimum atomic E-state index is 0.607. The third-order valence-corrected chi connectivity index (χ3v) is 3.59. The number of pyridine rings is 3. The largest absolute Gasteiger partial charge is 0.254 e. The van der Waals surface area contributed by atoms with E-state index in [1.807, 2.05) is 42.5 Å². The molecule has 0 spiro atoms. The van der Waals surface area contributed by atoms with Gasteiger partial charge in [0, 0.05) is 17.0 Å². The first-order chi connectivity index (χ1) is 10.8. The van der Waals surface area contributed by atoms with E-state index >= 15 is 0 Å². The fourth-order valence-electron chi connectivity index (χ4n) is 2.52. The molecule has 0 aliphatic rings. The number of terminal acetylenes is 1. The second kappa shape index (κ2) is 4.94. The Hall–Kier alpha value is -3.25. The lowest BCUT2D eigenvalue weighted by molar-refractivity contribution is 1.25. The maximum Gasteiger partial charge on any atom is 0.113 e. The monoisotopic (exact) mass is 281 g/mol. The van der Waals surface area contributed by atoms with Crippen LogP contribution in [0.2, 0.25) is 0 Å². The van der Waals surface area contributed by atoms with Gasteiger partial charge in [-0.2, -0.15) is 0 Å². The van der Waals surface area contributed by atoms with Gasteiger partial charge in [0.25, 0.3) is 0 Å². The summed E-state index contributed by atoms with van der Waals surface area (Å²) in [6.45, 7) is 0. The quantitative estimate of drug-likeness (QED) is 0.393. The van der Waals surface area contributed by atoms with Gasteiger partial charge in [0.15, 0.2) is 0 Å². The van der Waals surface area contributed by atoms with Gasteiger partial charge < -0.3 is 0 Å². The van der Waals surface area contributed by atoms with Crippen LogP contribution in [0.15, 0.2) is 60.8 Å². The van der Waals surface area contributed by atoms with Gasteiger partial charge >= 0.3 is 0 Å². The van der Waals surface area contributed by atoms with Crippen LogP contribution in [-0.4, -0.2) is 15.0 Å². The van der Waals surface area contributed by atoms with E-state index in [0.717, 1.165) is 33.2 Å². The van der Waals surface area contributed by atoms with E-state index < -0.39 is 0 Å². The van der Waals surface area contributed by atoms with E-state index in [9.17, 15) is 0 Å². The second-order valence-corrected chi connectivity index (χ2v) is 4.96. The van der Waals surface area contributed by atoms with Crippen molar-refractivity contribution in [3.63, 3.8) is 0 Å². The SMILES string of the molecule is C#Cc1cccc(-c2ccc3ccc4cccnc4c3n2)n1. The second-order valence-electron chi connectivity index (χ2n) is 4.96. The first-order valence-corrected chi connectivity index (χ1v) is 6.94. The van der Waals surface area contributed by atoms with Crippen LogP contribution in [0.25, 0.3) is 33.2 Å². The smallest absolute Gasteiger partial charge is 0.113 e. The maximum absolute atomic E-state index is 5.42. The van der Waals surface area contributed by atoms with E-state index in [-0.39, 0.29) is 0 Å². The summed E-state index contributed by atoms with van der Waals surface area (Å²) >= 11 is 0. The summed E-state index contributed by atoms with van der Waals surface area (Å²) in [4.78, 5) is 13.6. The van der Waals surface area contributed by atoms with Crippen molar-refractivity contribution in [2.75, 3.05) is 0 Å². The molecule has 0 radical (unpaired) electrons. The summed E-state index contributed by atoms with van der Waals surface area (Å²) in [5.74, 6) is 2.55. The number of fused-ring (bicyclic) bond motifs is 3. The molecule has 0 bridgehead atoms. The summed E-state index contributed by atoms with van der Waals surface area (Å²) in [5.41, 5.74) is 3.95. The summed E-state index contributed by atoms with van der Waals surface area (Å²) in [6, 6.07) is 17.7. The summed E-state index contributed by atoms with van der Waals surface area (Å²) < 4.78 is 0. The average Bonchev–Trinajstić information content (AvgIpc) is 2.61. The molecule has 102 valence electrons. The lowest BCUT2D eigenvalue weighted by Crippen LogP contribution is -1.92. The molecule has 0 fully saturated rings. The molecule has 4 rings (SSSR count). The Labute approximate surface area is 127 Å². The highest BCUT2D eigenvalue weighted by molar-refractivity contribution is 6.03. The Morgan fingerprint density at radius 2 is 1.50 bits per heavy atom. The van der Waals surface area contributed by atoms with Gasteiger partial charge in [0.05, 0.1) is 22.4 Å². The average molecular weight is 281 g/mol. The van der Waals surface area contributed by atoms with E-state index in [4.69, 9.17) is 11.4 Å². The zero-order valence-corrected chi connectivity index (χ0v) is 11.7. The molecular weight excluding hydrogens is 270 g/mol. The van der Waals surface area contributed by atoms with Crippen LogP contribution >= 0.6 is 0 Å². The van der Waals surface area contributed by atoms with Gasteiger partial charge in [-0.15, -0.1) is 6.42 Å². The Kier molecular flexibility index (Phi) is 2.80. The third kappa shape index (κ3) is 1.99. The number of nitrogens with zero attached hydrogens (tertiary/aromatic N) is 3. The zero-order chi connectivity index (χ0) is 14.9. The van der Waals surface area contributed by atoms with Crippen LogP contribution in [-0.2, 0) is 0 Å². The van der Waals surface area contributed by atoms with Crippen LogP contribution in [0.3, 0.4) is 0 Å². The minimum Gasteiger partial charge on any atom is -0.254 e. The molecule has 0 unspecified atom stereocenters. The summed E-state index contributed by atoms with van der Waals surface area (Å²) in [5, 5.41) is 2.13. The molecular formula is C19H11N3. The molecule has 0 amide bonds. The van der Waals surface area contributed by atoms with Crippen LogP contribution in [0, 0.1) is 12.3 Å². The number of rotatable bonds is 1. The van der Waals surface area contributed by atoms with Crippen LogP contribution in [0.1, 0.15) is 5.69 Å². The van der Waals surface area contributed by atoms with Crippen LogP contribution in [0.4, 0.5) is 0 Å². The Bertz CT molecular complexity index is 1050. The molecule has 0 saturated heterocycles. The summed E-state index contributed by atoms with van der Waals surface area (Å²) in [6.07, 6.45) is 7.20. The highest BCUT2D eigenvalue weighted by Crippen LogP contribution is 2.25. The number of hydrogen-bond acceptors (Lipinski definition) is 3. The molecule has 3 heterocycles. The van der Waals surface area contributed by atoms with Gasteiger partial charge in [0.2, 0.25) is 0 Å². The molecule has 3 nitrogen and oxygen atoms in total. The molecule has 0 N–H and O–H groups in total. The fraction of sp³-hybridized carbons (Fsp3) is 0. The predicted octanol–water partition coefficient (Wildman–Crippen LogP) is 3.83. The Morgan fingerprint density at radius 1 is 0.727 bits per heavy atom. The van der Waals surface area contributed by atoms with E-state index in [2.05, 4.69) is 28.0 Å². The van der Waals surface area contributed by atoms with Crippen molar-refractivity contribution < 1.29 is 0 Å². The standard InChI is InChI=1S/C19H11N3/c1-2-15-6-3-7-16(21-15)17-11-10-14-9-8-13-5-4-12-20-18(13)19(14)22-17/h1,3-12H. The normalized spacial score (nSPS) is 10.7. The third-order valence-electron chi connectivity index (χ3n) is 3.59. The predicted molar refractivity (Wildman–Crippen MR) is 88.2 cm³/mol. The lowest BCUT2D eigenvalue weighted by Gasteiger charge is -2.05. The molecule has 0 atom stereocenters. The van der Waals surface area contributed by atoms with Gasteiger partial charge in [-0.05, 0) is 24.3 Å². The molecule has 0 aliphatic carbocycles. The number of benzene rings is 1. The molecule has 3 aromatic heterocycles. The molecule has 3 heteroatoms. The number of hydrogen-bond donors (Lipinski definition) is 0. The molecule has 0 aliphatic heterocycles. The highest BCUT2D eigenvalue weighted by Gasteiger charge is 2.07. The first kappa shape index (κ1) is 12.5. The fourth-order valence-corrected chi connectivity index (χ4v) is 2.52.